The Labute approximate surface area is 123 Å². The zero-order valence-electron chi connectivity index (χ0n) is 12.8. The van der Waals surface area contributed by atoms with Crippen molar-refractivity contribution in [2.45, 2.75) is 33.4 Å². The van der Waals surface area contributed by atoms with E-state index < -0.39 is 0 Å². The second kappa shape index (κ2) is 6.05. The van der Waals surface area contributed by atoms with E-state index in [9.17, 15) is 10.1 Å². The fourth-order valence-electron chi connectivity index (χ4n) is 2.28. The largest absolute Gasteiger partial charge is 0.306 e. The van der Waals surface area contributed by atoms with E-state index in [1.807, 2.05) is 30.9 Å². The Hall–Kier alpha value is -2.21. The monoisotopic (exact) mass is 288 g/mol. The number of hydrogen-bond acceptors (Lipinski definition) is 4. The van der Waals surface area contributed by atoms with Crippen LogP contribution in [0.2, 0.25) is 0 Å². The average molecular weight is 288 g/mol. The van der Waals surface area contributed by atoms with Crippen LogP contribution in [0.4, 0.5) is 5.69 Å². The molecule has 0 aliphatic heterocycles. The summed E-state index contributed by atoms with van der Waals surface area (Å²) in [7, 11) is 1.91. The molecule has 1 aromatic heterocycles. The first kappa shape index (κ1) is 15.2. The SMILES string of the molecule is Cc1ccc(CNC(C)c2cnn(C)c2C)cc1[N+](=O)[O-]. The lowest BCUT2D eigenvalue weighted by molar-refractivity contribution is -0.385. The number of aryl methyl sites for hydroxylation is 2. The van der Waals surface area contributed by atoms with Gasteiger partial charge in [0.1, 0.15) is 0 Å². The first-order valence-corrected chi connectivity index (χ1v) is 6.86. The summed E-state index contributed by atoms with van der Waals surface area (Å²) >= 11 is 0. The molecular weight excluding hydrogens is 268 g/mol. The standard InChI is InChI=1S/C15H20N4O2/c1-10-5-6-13(7-15(10)19(20)21)8-16-11(2)14-9-17-18(4)12(14)3/h5-7,9,11,16H,8H2,1-4H3. The summed E-state index contributed by atoms with van der Waals surface area (Å²) in [6.07, 6.45) is 1.85. The molecule has 1 heterocycles. The minimum absolute atomic E-state index is 0.138. The van der Waals surface area contributed by atoms with Crippen LogP contribution >= 0.6 is 0 Å². The first-order chi connectivity index (χ1) is 9.90. The van der Waals surface area contributed by atoms with Crippen LogP contribution in [0.15, 0.2) is 24.4 Å². The van der Waals surface area contributed by atoms with Gasteiger partial charge in [-0.25, -0.2) is 0 Å². The van der Waals surface area contributed by atoms with Gasteiger partial charge in [-0.1, -0.05) is 12.1 Å². The number of hydrogen-bond donors (Lipinski definition) is 1. The van der Waals surface area contributed by atoms with Crippen LogP contribution in [0.1, 0.15) is 35.3 Å². The van der Waals surface area contributed by atoms with Crippen molar-refractivity contribution < 1.29 is 4.92 Å². The predicted octanol–water partition coefficient (Wildman–Crippen LogP) is 2.80. The minimum Gasteiger partial charge on any atom is -0.306 e. The Kier molecular flexibility index (Phi) is 4.37. The van der Waals surface area contributed by atoms with Crippen LogP contribution in [0.3, 0.4) is 0 Å². The minimum atomic E-state index is -0.340. The third kappa shape index (κ3) is 3.28. The molecule has 6 nitrogen and oxygen atoms in total. The molecule has 0 aliphatic rings. The molecule has 1 atom stereocenters. The summed E-state index contributed by atoms with van der Waals surface area (Å²) in [5.74, 6) is 0. The Balaban J connectivity index is 2.08. The Morgan fingerprint density at radius 2 is 2.14 bits per heavy atom. The second-order valence-electron chi connectivity index (χ2n) is 5.29. The van der Waals surface area contributed by atoms with Crippen molar-refractivity contribution in [3.8, 4) is 0 Å². The maximum absolute atomic E-state index is 11.0. The highest BCUT2D eigenvalue weighted by Gasteiger charge is 2.14. The molecule has 1 unspecified atom stereocenters. The van der Waals surface area contributed by atoms with Crippen LogP contribution in [0.5, 0.6) is 0 Å². The topological polar surface area (TPSA) is 73.0 Å². The van der Waals surface area contributed by atoms with Gasteiger partial charge in [0.2, 0.25) is 0 Å². The van der Waals surface area contributed by atoms with Gasteiger partial charge in [0, 0.05) is 42.5 Å². The van der Waals surface area contributed by atoms with Gasteiger partial charge in [0.25, 0.3) is 5.69 Å². The Bertz CT molecular complexity index is 664. The van der Waals surface area contributed by atoms with Crippen molar-refractivity contribution in [1.29, 1.82) is 0 Å². The molecular formula is C15H20N4O2. The van der Waals surface area contributed by atoms with Gasteiger partial charge in [0.15, 0.2) is 0 Å². The van der Waals surface area contributed by atoms with Crippen LogP contribution in [-0.4, -0.2) is 14.7 Å². The molecule has 0 amide bonds. The van der Waals surface area contributed by atoms with E-state index in [2.05, 4.69) is 17.3 Å². The summed E-state index contributed by atoms with van der Waals surface area (Å²) in [6.45, 7) is 6.41. The zero-order valence-corrected chi connectivity index (χ0v) is 12.8. The predicted molar refractivity (Wildman–Crippen MR) is 81.0 cm³/mol. The van der Waals surface area contributed by atoms with Gasteiger partial charge in [-0.05, 0) is 26.3 Å². The highest BCUT2D eigenvalue weighted by atomic mass is 16.6. The molecule has 1 N–H and O–H groups in total. The van der Waals surface area contributed by atoms with Crippen molar-refractivity contribution in [2.24, 2.45) is 7.05 Å². The van der Waals surface area contributed by atoms with E-state index >= 15 is 0 Å². The molecule has 0 bridgehead atoms. The molecule has 0 aliphatic carbocycles. The van der Waals surface area contributed by atoms with Gasteiger partial charge in [-0.2, -0.15) is 5.10 Å². The molecule has 21 heavy (non-hydrogen) atoms. The van der Waals surface area contributed by atoms with Gasteiger partial charge in [-0.15, -0.1) is 0 Å². The van der Waals surface area contributed by atoms with Crippen LogP contribution in [0, 0.1) is 24.0 Å². The normalized spacial score (nSPS) is 12.4. The van der Waals surface area contributed by atoms with Gasteiger partial charge < -0.3 is 5.32 Å². The fraction of sp³-hybridized carbons (Fsp3) is 0.400. The van der Waals surface area contributed by atoms with E-state index in [1.165, 1.54) is 0 Å². The maximum atomic E-state index is 11.0. The summed E-state index contributed by atoms with van der Waals surface area (Å²) in [5, 5.41) is 18.6. The molecule has 0 saturated carbocycles. The summed E-state index contributed by atoms with van der Waals surface area (Å²) in [4.78, 5) is 10.6. The second-order valence-corrected chi connectivity index (χ2v) is 5.29. The molecule has 2 rings (SSSR count). The van der Waals surface area contributed by atoms with Gasteiger partial charge >= 0.3 is 0 Å². The number of nitrogens with zero attached hydrogens (tertiary/aromatic N) is 3. The number of benzene rings is 1. The van der Waals surface area contributed by atoms with Crippen LogP contribution in [-0.2, 0) is 13.6 Å². The molecule has 1 aromatic carbocycles. The molecule has 2 aromatic rings. The quantitative estimate of drug-likeness (QED) is 0.678. The number of aromatic nitrogens is 2. The number of rotatable bonds is 5. The fourth-order valence-corrected chi connectivity index (χ4v) is 2.28. The lowest BCUT2D eigenvalue weighted by Gasteiger charge is -2.14. The lowest BCUT2D eigenvalue weighted by atomic mass is 10.1. The molecule has 6 heteroatoms. The van der Waals surface area contributed by atoms with E-state index in [-0.39, 0.29) is 16.7 Å². The first-order valence-electron chi connectivity index (χ1n) is 6.86. The van der Waals surface area contributed by atoms with E-state index in [1.54, 1.807) is 19.1 Å². The number of nitrogens with one attached hydrogen (secondary N) is 1. The molecule has 0 saturated heterocycles. The number of nitro groups is 1. The van der Waals surface area contributed by atoms with Gasteiger partial charge in [-0.3, -0.25) is 14.8 Å². The maximum Gasteiger partial charge on any atom is 0.272 e. The van der Waals surface area contributed by atoms with Crippen molar-refractivity contribution in [2.75, 3.05) is 0 Å². The zero-order chi connectivity index (χ0) is 15.6. The highest BCUT2D eigenvalue weighted by Crippen LogP contribution is 2.21. The third-order valence-corrected chi connectivity index (χ3v) is 3.82. The van der Waals surface area contributed by atoms with E-state index in [0.29, 0.717) is 12.1 Å². The molecule has 0 fully saturated rings. The summed E-state index contributed by atoms with van der Waals surface area (Å²) in [5.41, 5.74) is 4.00. The lowest BCUT2D eigenvalue weighted by Crippen LogP contribution is -2.18. The number of nitro benzene ring substituents is 1. The van der Waals surface area contributed by atoms with E-state index in [0.717, 1.165) is 16.8 Å². The van der Waals surface area contributed by atoms with E-state index in [4.69, 9.17) is 0 Å². The van der Waals surface area contributed by atoms with Crippen LogP contribution in [0.25, 0.3) is 0 Å². The molecule has 0 radical (unpaired) electrons. The van der Waals surface area contributed by atoms with Crippen LogP contribution < -0.4 is 5.32 Å². The average Bonchev–Trinajstić information content (AvgIpc) is 2.77. The highest BCUT2D eigenvalue weighted by molar-refractivity contribution is 5.42. The summed E-state index contributed by atoms with van der Waals surface area (Å²) in [6, 6.07) is 5.47. The smallest absolute Gasteiger partial charge is 0.272 e. The Morgan fingerprint density at radius 1 is 1.43 bits per heavy atom. The molecule has 112 valence electrons. The summed E-state index contributed by atoms with van der Waals surface area (Å²) < 4.78 is 1.84. The van der Waals surface area contributed by atoms with Crippen molar-refractivity contribution in [1.82, 2.24) is 15.1 Å². The Morgan fingerprint density at radius 3 is 2.71 bits per heavy atom. The van der Waals surface area contributed by atoms with Gasteiger partial charge in [0.05, 0.1) is 11.1 Å². The van der Waals surface area contributed by atoms with Crippen molar-refractivity contribution in [3.63, 3.8) is 0 Å². The van der Waals surface area contributed by atoms with Crippen molar-refractivity contribution >= 4 is 5.69 Å². The molecule has 0 spiro atoms. The third-order valence-electron chi connectivity index (χ3n) is 3.82. The van der Waals surface area contributed by atoms with Crippen molar-refractivity contribution in [3.05, 3.63) is 56.9 Å².